The fourth-order valence-corrected chi connectivity index (χ4v) is 4.14. The Morgan fingerprint density at radius 3 is 1.42 bits per heavy atom. The first-order valence-electron chi connectivity index (χ1n) is 8.68. The Morgan fingerprint density at radius 2 is 1.08 bits per heavy atom. The van der Waals surface area contributed by atoms with Crippen LogP contribution in [0.5, 0.6) is 0 Å². The van der Waals surface area contributed by atoms with E-state index in [-0.39, 0.29) is 0 Å². The quantitative estimate of drug-likeness (QED) is 0.773. The van der Waals surface area contributed by atoms with Gasteiger partial charge >= 0.3 is 0 Å². The molecule has 2 rings (SSSR count). The van der Waals surface area contributed by atoms with Crippen molar-refractivity contribution in [2.24, 2.45) is 11.5 Å². The summed E-state index contributed by atoms with van der Waals surface area (Å²) in [6, 6.07) is 12.5. The monoisotopic (exact) mass is 344 g/mol. The molecule has 24 heavy (non-hydrogen) atoms. The summed E-state index contributed by atoms with van der Waals surface area (Å²) in [6.07, 6.45) is 3.48. The first kappa shape index (κ1) is 18.8. The van der Waals surface area contributed by atoms with Crippen molar-refractivity contribution in [2.45, 2.75) is 49.3 Å². The largest absolute Gasteiger partial charge is 0.330 e. The lowest BCUT2D eigenvalue weighted by Gasteiger charge is -2.11. The molecule has 0 saturated heterocycles. The van der Waals surface area contributed by atoms with Crippen LogP contribution in [0.4, 0.5) is 0 Å². The Balaban J connectivity index is 2.43. The van der Waals surface area contributed by atoms with E-state index >= 15 is 0 Å². The highest BCUT2D eigenvalue weighted by molar-refractivity contribution is 7.85. The number of rotatable bonds is 8. The molecule has 4 N–H and O–H groups in total. The van der Waals surface area contributed by atoms with Gasteiger partial charge in [-0.3, -0.25) is 0 Å². The van der Waals surface area contributed by atoms with Crippen LogP contribution in [-0.2, 0) is 36.5 Å². The van der Waals surface area contributed by atoms with Crippen LogP contribution < -0.4 is 11.5 Å². The van der Waals surface area contributed by atoms with E-state index in [1.807, 2.05) is 12.1 Å². The first-order chi connectivity index (χ1) is 11.6. The molecule has 0 unspecified atom stereocenters. The van der Waals surface area contributed by atoms with Gasteiger partial charge in [0, 0.05) is 9.79 Å². The predicted molar refractivity (Wildman–Crippen MR) is 102 cm³/mol. The second-order valence-corrected chi connectivity index (χ2v) is 7.50. The van der Waals surface area contributed by atoms with Crippen LogP contribution in [0.2, 0.25) is 0 Å². The molecule has 0 atom stereocenters. The summed E-state index contributed by atoms with van der Waals surface area (Å²) in [7, 11) is -1.18. The molecule has 0 bridgehead atoms. The lowest BCUT2D eigenvalue weighted by Crippen LogP contribution is -2.06. The smallest absolute Gasteiger partial charge is 0.0849 e. The Bertz CT molecular complexity index is 653. The standard InChI is InChI=1S/C20H28N2OS/c1-3-15-9-17(5-7-21)13-19(11-15)24(23)20-12-16(4-2)10-18(14-20)6-8-22/h9-14H,3-8,21-22H2,1-2H3. The normalized spacial score (nSPS) is 11.2. The van der Waals surface area contributed by atoms with Crippen LogP contribution in [0.25, 0.3) is 0 Å². The van der Waals surface area contributed by atoms with Gasteiger partial charge in [-0.15, -0.1) is 0 Å². The molecule has 0 amide bonds. The summed E-state index contributed by atoms with van der Waals surface area (Å²) in [5.41, 5.74) is 16.1. The van der Waals surface area contributed by atoms with E-state index < -0.39 is 10.8 Å². The van der Waals surface area contributed by atoms with Crippen LogP contribution >= 0.6 is 0 Å². The lowest BCUT2D eigenvalue weighted by atomic mass is 10.1. The van der Waals surface area contributed by atoms with Crippen molar-refractivity contribution in [3.8, 4) is 0 Å². The number of hydrogen-bond acceptors (Lipinski definition) is 3. The minimum atomic E-state index is -1.18. The van der Waals surface area contributed by atoms with Crippen LogP contribution in [-0.4, -0.2) is 17.3 Å². The molecule has 0 aromatic heterocycles. The van der Waals surface area contributed by atoms with Gasteiger partial charge in [0.1, 0.15) is 0 Å². The highest BCUT2D eigenvalue weighted by Crippen LogP contribution is 2.23. The summed E-state index contributed by atoms with van der Waals surface area (Å²) in [5.74, 6) is 0. The van der Waals surface area contributed by atoms with Gasteiger partial charge in [0.05, 0.1) is 10.8 Å². The summed E-state index contributed by atoms with van der Waals surface area (Å²) >= 11 is 0. The number of nitrogens with two attached hydrogens (primary N) is 2. The minimum Gasteiger partial charge on any atom is -0.330 e. The molecule has 0 fully saturated rings. The molecule has 2 aromatic carbocycles. The molecule has 0 aliphatic rings. The van der Waals surface area contributed by atoms with Crippen molar-refractivity contribution in [1.82, 2.24) is 0 Å². The van der Waals surface area contributed by atoms with E-state index in [0.29, 0.717) is 13.1 Å². The van der Waals surface area contributed by atoms with Gasteiger partial charge in [0.2, 0.25) is 0 Å². The van der Waals surface area contributed by atoms with Gasteiger partial charge in [0.25, 0.3) is 0 Å². The zero-order valence-corrected chi connectivity index (χ0v) is 15.5. The van der Waals surface area contributed by atoms with E-state index in [2.05, 4.69) is 38.1 Å². The van der Waals surface area contributed by atoms with Crippen molar-refractivity contribution in [3.05, 3.63) is 58.7 Å². The third-order valence-corrected chi connectivity index (χ3v) is 5.49. The molecule has 0 spiro atoms. The van der Waals surface area contributed by atoms with E-state index in [1.165, 1.54) is 11.1 Å². The van der Waals surface area contributed by atoms with E-state index in [4.69, 9.17) is 11.5 Å². The second-order valence-electron chi connectivity index (χ2n) is 6.02. The van der Waals surface area contributed by atoms with Gasteiger partial charge in [-0.05, 0) is 85.3 Å². The molecule has 0 saturated carbocycles. The maximum absolute atomic E-state index is 13.1. The second kappa shape index (κ2) is 9.11. The SMILES string of the molecule is CCc1cc(CCN)cc(S(=O)c2cc(CC)cc(CCN)c2)c1. The predicted octanol–water partition coefficient (Wildman–Crippen LogP) is 2.98. The highest BCUT2D eigenvalue weighted by Gasteiger charge is 2.12. The van der Waals surface area contributed by atoms with E-state index in [1.54, 1.807) is 0 Å². The van der Waals surface area contributed by atoms with Gasteiger partial charge in [-0.25, -0.2) is 4.21 Å². The summed E-state index contributed by atoms with van der Waals surface area (Å²) in [4.78, 5) is 1.73. The van der Waals surface area contributed by atoms with Crippen LogP contribution in [0.15, 0.2) is 46.2 Å². The maximum Gasteiger partial charge on any atom is 0.0849 e. The zero-order chi connectivity index (χ0) is 17.5. The molecule has 0 heterocycles. The van der Waals surface area contributed by atoms with Crippen molar-refractivity contribution in [3.63, 3.8) is 0 Å². The molecular weight excluding hydrogens is 316 g/mol. The van der Waals surface area contributed by atoms with Gasteiger partial charge < -0.3 is 11.5 Å². The third kappa shape index (κ3) is 4.76. The van der Waals surface area contributed by atoms with Gasteiger partial charge in [0.15, 0.2) is 0 Å². The van der Waals surface area contributed by atoms with Gasteiger partial charge in [-0.1, -0.05) is 26.0 Å². The van der Waals surface area contributed by atoms with Crippen molar-refractivity contribution in [2.75, 3.05) is 13.1 Å². The van der Waals surface area contributed by atoms with Crippen molar-refractivity contribution in [1.29, 1.82) is 0 Å². The Morgan fingerprint density at radius 1 is 0.708 bits per heavy atom. The molecule has 0 aliphatic heterocycles. The molecule has 4 heteroatoms. The van der Waals surface area contributed by atoms with Crippen LogP contribution in [0.3, 0.4) is 0 Å². The Labute approximate surface area is 147 Å². The summed E-state index contributed by atoms with van der Waals surface area (Å²) in [5, 5.41) is 0. The molecule has 0 aliphatic carbocycles. The molecular formula is C20H28N2OS. The Kier molecular flexibility index (Phi) is 7.16. The van der Waals surface area contributed by atoms with E-state index in [9.17, 15) is 4.21 Å². The average Bonchev–Trinajstić information content (AvgIpc) is 2.61. The maximum atomic E-state index is 13.1. The summed E-state index contributed by atoms with van der Waals surface area (Å²) in [6.45, 7) is 5.44. The minimum absolute atomic E-state index is 0.602. The van der Waals surface area contributed by atoms with Crippen molar-refractivity contribution >= 4 is 10.8 Å². The summed E-state index contributed by atoms with van der Waals surface area (Å²) < 4.78 is 13.1. The molecule has 3 nitrogen and oxygen atoms in total. The van der Waals surface area contributed by atoms with Crippen LogP contribution in [0, 0.1) is 0 Å². The number of benzene rings is 2. The number of hydrogen-bond donors (Lipinski definition) is 2. The van der Waals surface area contributed by atoms with Crippen molar-refractivity contribution < 1.29 is 4.21 Å². The lowest BCUT2D eigenvalue weighted by molar-refractivity contribution is 0.682. The molecule has 130 valence electrons. The Hall–Kier alpha value is -1.49. The van der Waals surface area contributed by atoms with E-state index in [0.717, 1.165) is 46.6 Å². The van der Waals surface area contributed by atoms with Crippen LogP contribution in [0.1, 0.15) is 36.1 Å². The fourth-order valence-electron chi connectivity index (χ4n) is 2.84. The molecule has 0 radical (unpaired) electrons. The average molecular weight is 345 g/mol. The highest BCUT2D eigenvalue weighted by atomic mass is 32.2. The topological polar surface area (TPSA) is 69.1 Å². The fraction of sp³-hybridized carbons (Fsp3) is 0.400. The number of aryl methyl sites for hydroxylation is 2. The van der Waals surface area contributed by atoms with Gasteiger partial charge in [-0.2, -0.15) is 0 Å². The molecule has 2 aromatic rings. The zero-order valence-electron chi connectivity index (χ0n) is 14.7. The third-order valence-electron chi connectivity index (χ3n) is 4.16. The first-order valence-corrected chi connectivity index (χ1v) is 9.83.